The molecular weight excluding hydrogens is 109 g/mol. The van der Waals surface area contributed by atoms with E-state index in [2.05, 4.69) is 30.4 Å². The molecular formula is C3H7Ge. The second kappa shape index (κ2) is 1.83. The first-order valence-corrected chi connectivity index (χ1v) is 2.65. The molecule has 0 aliphatic carbocycles. The molecule has 0 spiro atoms. The number of hydrogen-bond acceptors (Lipinski definition) is 0. The van der Waals surface area contributed by atoms with E-state index >= 15 is 0 Å². The van der Waals surface area contributed by atoms with Crippen LogP contribution in [0.3, 0.4) is 0 Å². The molecule has 4 heavy (non-hydrogen) atoms. The van der Waals surface area contributed by atoms with Gasteiger partial charge in [-0.05, 0) is 0 Å². The summed E-state index contributed by atoms with van der Waals surface area (Å²) in [5.41, 5.74) is 0. The van der Waals surface area contributed by atoms with Gasteiger partial charge < -0.3 is 0 Å². The van der Waals surface area contributed by atoms with Crippen molar-refractivity contribution in [1.29, 1.82) is 0 Å². The molecule has 0 aliphatic heterocycles. The Labute approximate surface area is 35.8 Å². The Kier molecular flexibility index (Phi) is 2.07. The van der Waals surface area contributed by atoms with Crippen LogP contribution in [0, 0.1) is 0 Å². The first-order valence-electron chi connectivity index (χ1n) is 1.44. The van der Waals surface area contributed by atoms with Crippen LogP contribution in [0.25, 0.3) is 0 Å². The second-order valence-corrected chi connectivity index (χ2v) is 3.58. The number of hydrogen-bond donors (Lipinski definition) is 0. The standard InChI is InChI=1S/C3H7Ge/c1-3(2)4/h3H,1-2H3. The van der Waals surface area contributed by atoms with Gasteiger partial charge in [-0.3, -0.25) is 0 Å². The van der Waals surface area contributed by atoms with Gasteiger partial charge in [0.25, 0.3) is 0 Å². The van der Waals surface area contributed by atoms with Gasteiger partial charge in [-0.1, -0.05) is 0 Å². The molecule has 0 rings (SSSR count). The molecule has 0 aromatic rings. The van der Waals surface area contributed by atoms with E-state index in [1.807, 2.05) is 0 Å². The van der Waals surface area contributed by atoms with E-state index in [1.165, 1.54) is 0 Å². The van der Waals surface area contributed by atoms with E-state index in [0.717, 1.165) is 4.75 Å². The fourth-order valence-electron chi connectivity index (χ4n) is 0. The van der Waals surface area contributed by atoms with Crippen molar-refractivity contribution in [2.24, 2.45) is 0 Å². The average molecular weight is 116 g/mol. The maximum atomic E-state index is 2.17. The van der Waals surface area contributed by atoms with E-state index in [1.54, 1.807) is 0 Å². The normalized spacial score (nSPS) is 9.00. The minimum atomic E-state index is 0.833. The van der Waals surface area contributed by atoms with Gasteiger partial charge in [-0.25, -0.2) is 0 Å². The third-order valence-corrected chi connectivity index (χ3v) is 0. The van der Waals surface area contributed by atoms with Crippen LogP contribution in [-0.4, -0.2) is 16.5 Å². The van der Waals surface area contributed by atoms with Crippen molar-refractivity contribution >= 4 is 16.5 Å². The predicted octanol–water partition coefficient (Wildman–Crippen LogP) is 0.983. The molecule has 0 unspecified atom stereocenters. The van der Waals surface area contributed by atoms with E-state index in [4.69, 9.17) is 0 Å². The summed E-state index contributed by atoms with van der Waals surface area (Å²) in [6.07, 6.45) is 0. The molecule has 3 radical (unpaired) electrons. The Bertz CT molecular complexity index is 8.00. The Hall–Kier alpha value is 0.543. The van der Waals surface area contributed by atoms with Gasteiger partial charge in [0.1, 0.15) is 0 Å². The van der Waals surface area contributed by atoms with E-state index < -0.39 is 0 Å². The van der Waals surface area contributed by atoms with Crippen LogP contribution in [0.4, 0.5) is 0 Å². The van der Waals surface area contributed by atoms with E-state index in [0.29, 0.717) is 0 Å². The van der Waals surface area contributed by atoms with Gasteiger partial charge >= 0.3 is 35.1 Å². The molecule has 0 heterocycles. The minimum absolute atomic E-state index is 0.833. The fraction of sp³-hybridized carbons (Fsp3) is 1.00. The molecule has 0 N–H and O–H groups in total. The van der Waals surface area contributed by atoms with Crippen molar-refractivity contribution < 1.29 is 0 Å². The zero-order chi connectivity index (χ0) is 3.58. The summed E-state index contributed by atoms with van der Waals surface area (Å²) in [5.74, 6) is 0. The van der Waals surface area contributed by atoms with Crippen LogP contribution in [0.5, 0.6) is 0 Å². The molecule has 0 fully saturated rings. The summed E-state index contributed by atoms with van der Waals surface area (Å²) < 4.78 is 0.833. The molecule has 0 saturated carbocycles. The fourth-order valence-corrected chi connectivity index (χ4v) is 0. The predicted molar refractivity (Wildman–Crippen MR) is 20.9 cm³/mol. The van der Waals surface area contributed by atoms with Crippen LogP contribution in [0.2, 0.25) is 4.75 Å². The molecule has 0 aromatic carbocycles. The van der Waals surface area contributed by atoms with Crippen molar-refractivity contribution in [2.45, 2.75) is 18.6 Å². The Morgan fingerprint density at radius 1 is 1.50 bits per heavy atom. The summed E-state index contributed by atoms with van der Waals surface area (Å²) in [4.78, 5) is 0. The summed E-state index contributed by atoms with van der Waals surface area (Å²) in [6.45, 7) is 4.33. The van der Waals surface area contributed by atoms with Crippen molar-refractivity contribution in [1.82, 2.24) is 0 Å². The first-order chi connectivity index (χ1) is 1.73. The molecule has 0 atom stereocenters. The third kappa shape index (κ3) is 20.5. The van der Waals surface area contributed by atoms with Gasteiger partial charge in [0, 0.05) is 0 Å². The first kappa shape index (κ1) is 4.54. The van der Waals surface area contributed by atoms with E-state index in [-0.39, 0.29) is 0 Å². The maximum absolute atomic E-state index is 2.17. The third-order valence-electron chi connectivity index (χ3n) is 0. The van der Waals surface area contributed by atoms with Crippen LogP contribution in [0.1, 0.15) is 13.8 Å². The average Bonchev–Trinajstić information content (AvgIpc) is 0.811. The quantitative estimate of drug-likeness (QED) is 0.413. The molecule has 1 heteroatoms. The van der Waals surface area contributed by atoms with Crippen LogP contribution >= 0.6 is 0 Å². The Morgan fingerprint density at radius 3 is 1.50 bits per heavy atom. The molecule has 0 saturated heterocycles. The van der Waals surface area contributed by atoms with Crippen molar-refractivity contribution in [3.8, 4) is 0 Å². The zero-order valence-corrected chi connectivity index (χ0v) is 5.18. The van der Waals surface area contributed by atoms with Gasteiger partial charge in [0.15, 0.2) is 0 Å². The zero-order valence-electron chi connectivity index (χ0n) is 3.08. The summed E-state index contributed by atoms with van der Waals surface area (Å²) in [5, 5.41) is 0. The van der Waals surface area contributed by atoms with Crippen LogP contribution in [0.15, 0.2) is 0 Å². The van der Waals surface area contributed by atoms with Crippen molar-refractivity contribution in [3.05, 3.63) is 0 Å². The Morgan fingerprint density at radius 2 is 1.50 bits per heavy atom. The SMILES string of the molecule is C[CH](C)[Ge]. The van der Waals surface area contributed by atoms with Crippen molar-refractivity contribution in [3.63, 3.8) is 0 Å². The Balaban J connectivity index is 2.32. The molecule has 23 valence electrons. The summed E-state index contributed by atoms with van der Waals surface area (Å²) in [7, 11) is 0. The molecule has 0 nitrogen and oxygen atoms in total. The molecule has 0 amide bonds. The van der Waals surface area contributed by atoms with Crippen LogP contribution in [-0.2, 0) is 0 Å². The monoisotopic (exact) mass is 117 g/mol. The van der Waals surface area contributed by atoms with Crippen molar-refractivity contribution in [2.75, 3.05) is 0 Å². The van der Waals surface area contributed by atoms with Gasteiger partial charge in [0.05, 0.1) is 0 Å². The van der Waals surface area contributed by atoms with Gasteiger partial charge in [0.2, 0.25) is 0 Å². The van der Waals surface area contributed by atoms with E-state index in [9.17, 15) is 0 Å². The summed E-state index contributed by atoms with van der Waals surface area (Å²) in [6, 6.07) is 0. The molecule has 0 aliphatic rings. The molecule has 0 aromatic heterocycles. The second-order valence-electron chi connectivity index (χ2n) is 1.15. The van der Waals surface area contributed by atoms with Crippen LogP contribution < -0.4 is 0 Å². The van der Waals surface area contributed by atoms with Gasteiger partial charge in [-0.2, -0.15) is 0 Å². The molecule has 0 bridgehead atoms. The van der Waals surface area contributed by atoms with Gasteiger partial charge in [-0.15, -0.1) is 0 Å². The number of rotatable bonds is 0. The summed E-state index contributed by atoms with van der Waals surface area (Å²) >= 11 is 2.17. The topological polar surface area (TPSA) is 0 Å².